The van der Waals surface area contributed by atoms with Crippen molar-refractivity contribution < 1.29 is 9.47 Å². The Morgan fingerprint density at radius 1 is 1.19 bits per heavy atom. The number of hydrogen-bond acceptors (Lipinski definition) is 5. The Morgan fingerprint density at radius 3 is 2.33 bits per heavy atom. The lowest BCUT2D eigenvalue weighted by atomic mass is 9.98. The average molecular weight is 328 g/mol. The molecule has 0 aromatic heterocycles. The molecule has 1 heterocycles. The smallest absolute Gasteiger partial charge is 0.127 e. The first-order chi connectivity index (χ1) is 10.3. The lowest BCUT2D eigenvalue weighted by Gasteiger charge is -2.37. The molecular weight excluding hydrogens is 302 g/mol. The van der Waals surface area contributed by atoms with E-state index >= 15 is 0 Å². The number of rotatable bonds is 6. The van der Waals surface area contributed by atoms with E-state index in [0.29, 0.717) is 10.5 Å². The second kappa shape index (κ2) is 8.20. The lowest BCUT2D eigenvalue weighted by molar-refractivity contribution is 0.370. The van der Waals surface area contributed by atoms with Gasteiger partial charge < -0.3 is 14.8 Å². The van der Waals surface area contributed by atoms with Crippen LogP contribution >= 0.6 is 23.5 Å². The van der Waals surface area contributed by atoms with Crippen molar-refractivity contribution in [1.29, 1.82) is 0 Å². The van der Waals surface area contributed by atoms with Gasteiger partial charge in [-0.05, 0) is 25.6 Å². The molecular formula is C16H25NO2S2. The SMILES string of the molecule is CCC1SCCSC1C(NC)c1c(OC)cccc1OC. The van der Waals surface area contributed by atoms with E-state index in [4.69, 9.17) is 9.47 Å². The Hall–Kier alpha value is -0.520. The van der Waals surface area contributed by atoms with E-state index in [-0.39, 0.29) is 6.04 Å². The molecule has 3 nitrogen and oxygen atoms in total. The van der Waals surface area contributed by atoms with Crippen LogP contribution in [0.1, 0.15) is 24.9 Å². The van der Waals surface area contributed by atoms with Crippen LogP contribution in [0, 0.1) is 0 Å². The molecule has 0 amide bonds. The van der Waals surface area contributed by atoms with Gasteiger partial charge in [0.2, 0.25) is 0 Å². The Labute approximate surface area is 136 Å². The Bertz CT molecular complexity index is 434. The molecule has 0 aliphatic carbocycles. The maximum Gasteiger partial charge on any atom is 0.127 e. The van der Waals surface area contributed by atoms with Crippen molar-refractivity contribution >= 4 is 23.5 Å². The fourth-order valence-electron chi connectivity index (χ4n) is 2.91. The van der Waals surface area contributed by atoms with Crippen LogP contribution in [0.2, 0.25) is 0 Å². The normalized spacial score (nSPS) is 23.6. The van der Waals surface area contributed by atoms with Crippen LogP contribution in [0.15, 0.2) is 18.2 Å². The number of benzene rings is 1. The Balaban J connectivity index is 2.40. The minimum Gasteiger partial charge on any atom is -0.496 e. The highest BCUT2D eigenvalue weighted by Gasteiger charge is 2.35. The molecule has 0 radical (unpaired) electrons. The molecule has 1 N–H and O–H groups in total. The van der Waals surface area contributed by atoms with Crippen molar-refractivity contribution in [2.24, 2.45) is 0 Å². The molecule has 1 aromatic rings. The quantitative estimate of drug-likeness (QED) is 0.863. The van der Waals surface area contributed by atoms with Crippen LogP contribution in [0.3, 0.4) is 0 Å². The number of ether oxygens (including phenoxy) is 2. The summed E-state index contributed by atoms with van der Waals surface area (Å²) in [6.07, 6.45) is 1.19. The van der Waals surface area contributed by atoms with Gasteiger partial charge in [0.25, 0.3) is 0 Å². The van der Waals surface area contributed by atoms with Crippen LogP contribution < -0.4 is 14.8 Å². The number of methoxy groups -OCH3 is 2. The van der Waals surface area contributed by atoms with Crippen LogP contribution in [-0.2, 0) is 0 Å². The van der Waals surface area contributed by atoms with E-state index in [1.807, 2.05) is 25.2 Å². The molecule has 3 unspecified atom stereocenters. The minimum atomic E-state index is 0.235. The fraction of sp³-hybridized carbons (Fsp3) is 0.625. The Kier molecular flexibility index (Phi) is 6.58. The van der Waals surface area contributed by atoms with Crippen LogP contribution in [0.5, 0.6) is 11.5 Å². The average Bonchev–Trinajstić information content (AvgIpc) is 2.56. The third-order valence-electron chi connectivity index (χ3n) is 3.91. The highest BCUT2D eigenvalue weighted by molar-refractivity contribution is 8.07. The van der Waals surface area contributed by atoms with Gasteiger partial charge >= 0.3 is 0 Å². The highest BCUT2D eigenvalue weighted by atomic mass is 32.2. The molecule has 1 aliphatic heterocycles. The van der Waals surface area contributed by atoms with Gasteiger partial charge in [-0.25, -0.2) is 0 Å². The zero-order valence-electron chi connectivity index (χ0n) is 13.2. The summed E-state index contributed by atoms with van der Waals surface area (Å²) in [5.74, 6) is 4.26. The van der Waals surface area contributed by atoms with Gasteiger partial charge in [0, 0.05) is 22.0 Å². The van der Waals surface area contributed by atoms with Gasteiger partial charge in [0.05, 0.1) is 25.8 Å². The molecule has 21 heavy (non-hydrogen) atoms. The largest absolute Gasteiger partial charge is 0.496 e. The molecule has 118 valence electrons. The third-order valence-corrected chi connectivity index (χ3v) is 7.26. The standard InChI is InChI=1S/C16H25NO2S2/c1-5-13-16(21-10-9-20-13)15(17-2)14-11(18-3)7-6-8-12(14)19-4/h6-8,13,15-17H,5,9-10H2,1-4H3. The van der Waals surface area contributed by atoms with E-state index in [1.165, 1.54) is 17.9 Å². The van der Waals surface area contributed by atoms with Crippen molar-refractivity contribution in [2.75, 3.05) is 32.8 Å². The van der Waals surface area contributed by atoms with E-state index in [9.17, 15) is 0 Å². The van der Waals surface area contributed by atoms with Crippen molar-refractivity contribution in [1.82, 2.24) is 5.32 Å². The first-order valence-electron chi connectivity index (χ1n) is 7.38. The predicted molar refractivity (Wildman–Crippen MR) is 94.1 cm³/mol. The second-order valence-electron chi connectivity index (χ2n) is 5.00. The summed E-state index contributed by atoms with van der Waals surface area (Å²) < 4.78 is 11.2. The lowest BCUT2D eigenvalue weighted by Crippen LogP contribution is -2.37. The maximum atomic E-state index is 5.59. The zero-order chi connectivity index (χ0) is 15.2. The molecule has 1 saturated heterocycles. The predicted octanol–water partition coefficient (Wildman–Crippen LogP) is 3.59. The van der Waals surface area contributed by atoms with Gasteiger partial charge in [0.15, 0.2) is 0 Å². The summed E-state index contributed by atoms with van der Waals surface area (Å²) in [6.45, 7) is 2.28. The molecule has 1 aliphatic rings. The van der Waals surface area contributed by atoms with Gasteiger partial charge in [-0.3, -0.25) is 0 Å². The minimum absolute atomic E-state index is 0.235. The van der Waals surface area contributed by atoms with Gasteiger partial charge in [-0.15, -0.1) is 0 Å². The van der Waals surface area contributed by atoms with Crippen molar-refractivity contribution in [3.63, 3.8) is 0 Å². The molecule has 5 heteroatoms. The monoisotopic (exact) mass is 327 g/mol. The molecule has 0 saturated carbocycles. The van der Waals surface area contributed by atoms with Gasteiger partial charge in [0.1, 0.15) is 11.5 Å². The molecule has 1 aromatic carbocycles. The summed E-state index contributed by atoms with van der Waals surface area (Å²) in [5.41, 5.74) is 1.14. The maximum absolute atomic E-state index is 5.59. The van der Waals surface area contributed by atoms with Crippen LogP contribution in [-0.4, -0.2) is 43.3 Å². The Morgan fingerprint density at radius 2 is 1.81 bits per heavy atom. The molecule has 0 spiro atoms. The summed E-state index contributed by atoms with van der Waals surface area (Å²) in [4.78, 5) is 0. The summed E-state index contributed by atoms with van der Waals surface area (Å²) >= 11 is 4.16. The van der Waals surface area contributed by atoms with Crippen LogP contribution in [0.25, 0.3) is 0 Å². The molecule has 0 bridgehead atoms. The summed E-state index contributed by atoms with van der Waals surface area (Å²) in [5, 5.41) is 4.70. The zero-order valence-corrected chi connectivity index (χ0v) is 14.9. The first kappa shape index (κ1) is 16.8. The van der Waals surface area contributed by atoms with Gasteiger partial charge in [-0.2, -0.15) is 23.5 Å². The van der Waals surface area contributed by atoms with Crippen molar-refractivity contribution in [3.05, 3.63) is 23.8 Å². The van der Waals surface area contributed by atoms with E-state index in [1.54, 1.807) is 14.2 Å². The third kappa shape index (κ3) is 3.63. The van der Waals surface area contributed by atoms with Crippen molar-refractivity contribution in [2.45, 2.75) is 29.9 Å². The van der Waals surface area contributed by atoms with Crippen LogP contribution in [0.4, 0.5) is 0 Å². The molecule has 2 rings (SSSR count). The van der Waals surface area contributed by atoms with E-state index in [0.717, 1.165) is 17.1 Å². The highest BCUT2D eigenvalue weighted by Crippen LogP contribution is 2.44. The number of hydrogen-bond donors (Lipinski definition) is 1. The topological polar surface area (TPSA) is 30.5 Å². The number of nitrogens with one attached hydrogen (secondary N) is 1. The summed E-state index contributed by atoms with van der Waals surface area (Å²) in [7, 11) is 5.49. The number of thioether (sulfide) groups is 2. The molecule has 3 atom stereocenters. The van der Waals surface area contributed by atoms with E-state index in [2.05, 4.69) is 35.8 Å². The fourth-order valence-corrected chi connectivity index (χ4v) is 6.18. The summed E-state index contributed by atoms with van der Waals surface area (Å²) in [6, 6.07) is 6.25. The van der Waals surface area contributed by atoms with E-state index < -0.39 is 0 Å². The second-order valence-corrected chi connectivity index (χ2v) is 7.63. The van der Waals surface area contributed by atoms with Gasteiger partial charge in [-0.1, -0.05) is 13.0 Å². The first-order valence-corrected chi connectivity index (χ1v) is 9.47. The molecule has 1 fully saturated rings. The van der Waals surface area contributed by atoms with Crippen molar-refractivity contribution in [3.8, 4) is 11.5 Å².